The number of aldehydes is 1. The number of nitrogens with zero attached hydrogens (tertiary/aromatic N) is 1. The van der Waals surface area contributed by atoms with Crippen LogP contribution in [-0.4, -0.2) is 17.3 Å². The predicted molar refractivity (Wildman–Crippen MR) is 92.5 cm³/mol. The molecule has 0 heterocycles. The van der Waals surface area contributed by atoms with Crippen LogP contribution in [0.1, 0.15) is 29.9 Å². The molecule has 4 atom stereocenters. The summed E-state index contributed by atoms with van der Waals surface area (Å²) in [5.41, 5.74) is 2.25. The van der Waals surface area contributed by atoms with Crippen molar-refractivity contribution >= 4 is 6.29 Å². The Labute approximate surface area is 141 Å². The number of carbonyl (C=O) groups is 1. The van der Waals surface area contributed by atoms with Crippen molar-refractivity contribution in [3.63, 3.8) is 0 Å². The minimum absolute atomic E-state index is 0.0806. The lowest BCUT2D eigenvalue weighted by Gasteiger charge is -2.35. The monoisotopic (exact) mass is 321 g/mol. The molecule has 4 unspecified atom stereocenters. The van der Waals surface area contributed by atoms with Crippen molar-refractivity contribution in [3.05, 3.63) is 93.6 Å². The highest BCUT2D eigenvalue weighted by atomic mass is 16.6. The van der Waals surface area contributed by atoms with Gasteiger partial charge in [-0.15, -0.1) is 0 Å². The maximum Gasteiger partial charge on any atom is 0.231 e. The van der Waals surface area contributed by atoms with E-state index in [1.165, 1.54) is 0 Å². The van der Waals surface area contributed by atoms with Gasteiger partial charge in [-0.3, -0.25) is 14.9 Å². The third-order valence-electron chi connectivity index (χ3n) is 4.81. The minimum atomic E-state index is -0.866. The number of carbonyl (C=O) groups excluding carboxylic acids is 1. The van der Waals surface area contributed by atoms with Crippen molar-refractivity contribution in [2.75, 3.05) is 0 Å². The molecule has 0 bridgehead atoms. The van der Waals surface area contributed by atoms with Crippen LogP contribution in [0.2, 0.25) is 0 Å². The van der Waals surface area contributed by atoms with Gasteiger partial charge < -0.3 is 0 Å². The normalized spacial score (nSPS) is 26.5. The molecule has 0 aliphatic heterocycles. The van der Waals surface area contributed by atoms with E-state index in [0.717, 1.165) is 17.4 Å². The molecule has 0 saturated heterocycles. The molecule has 3 rings (SSSR count). The van der Waals surface area contributed by atoms with E-state index in [9.17, 15) is 14.9 Å². The van der Waals surface area contributed by atoms with Crippen molar-refractivity contribution in [1.82, 2.24) is 0 Å². The summed E-state index contributed by atoms with van der Waals surface area (Å²) in [6, 6.07) is 18.0. The first-order valence-corrected chi connectivity index (χ1v) is 8.03. The second kappa shape index (κ2) is 6.79. The molecule has 0 radical (unpaired) electrons. The number of hydrogen-bond donors (Lipinski definition) is 0. The van der Waals surface area contributed by atoms with Crippen molar-refractivity contribution in [3.8, 4) is 0 Å². The first-order valence-electron chi connectivity index (χ1n) is 8.03. The molecule has 1 aliphatic carbocycles. The number of benzene rings is 2. The van der Waals surface area contributed by atoms with Crippen LogP contribution < -0.4 is 0 Å². The first-order chi connectivity index (χ1) is 11.6. The fraction of sp³-hybridized carbons (Fsp3) is 0.250. The topological polar surface area (TPSA) is 60.2 Å². The van der Waals surface area contributed by atoms with Crippen LogP contribution in [0.3, 0.4) is 0 Å². The Morgan fingerprint density at radius 3 is 2.00 bits per heavy atom. The summed E-state index contributed by atoms with van der Waals surface area (Å²) in [5, 5.41) is 12.0. The van der Waals surface area contributed by atoms with E-state index in [1.807, 2.05) is 73.7 Å². The highest BCUT2D eigenvalue weighted by Crippen LogP contribution is 2.45. The Kier molecular flexibility index (Phi) is 4.56. The molecular weight excluding hydrogens is 302 g/mol. The van der Waals surface area contributed by atoms with Crippen LogP contribution >= 0.6 is 0 Å². The number of rotatable bonds is 4. The fourth-order valence-electron chi connectivity index (χ4n) is 3.82. The molecule has 0 N–H and O–H groups in total. The second-order valence-electron chi connectivity index (χ2n) is 6.24. The SMILES string of the molecule is CC1C=C(C=O)C(c2ccccc2)C([N+](=O)[O-])C1c1ccccc1. The quantitative estimate of drug-likeness (QED) is 0.486. The van der Waals surface area contributed by atoms with Gasteiger partial charge in [0, 0.05) is 10.5 Å². The minimum Gasteiger partial charge on any atom is -0.298 e. The van der Waals surface area contributed by atoms with Crippen molar-refractivity contribution in [2.45, 2.75) is 24.8 Å². The Balaban J connectivity index is 2.16. The zero-order valence-corrected chi connectivity index (χ0v) is 13.4. The molecule has 24 heavy (non-hydrogen) atoms. The van der Waals surface area contributed by atoms with Crippen LogP contribution in [0.5, 0.6) is 0 Å². The Bertz CT molecular complexity index is 755. The van der Waals surface area contributed by atoms with Gasteiger partial charge in [0.1, 0.15) is 6.29 Å². The zero-order chi connectivity index (χ0) is 17.1. The van der Waals surface area contributed by atoms with Crippen molar-refractivity contribution in [1.29, 1.82) is 0 Å². The highest BCUT2D eigenvalue weighted by Gasteiger charge is 2.47. The number of allylic oxidation sites excluding steroid dienone is 1. The third kappa shape index (κ3) is 2.87. The molecule has 0 saturated carbocycles. The predicted octanol–water partition coefficient (Wildman–Crippen LogP) is 3.97. The Morgan fingerprint density at radius 2 is 1.50 bits per heavy atom. The molecule has 2 aromatic carbocycles. The van der Waals surface area contributed by atoms with E-state index < -0.39 is 12.0 Å². The number of nitro groups is 1. The summed E-state index contributed by atoms with van der Waals surface area (Å²) in [5.74, 6) is -0.877. The van der Waals surface area contributed by atoms with Gasteiger partial charge in [0.15, 0.2) is 0 Å². The van der Waals surface area contributed by atoms with Gasteiger partial charge in [0.2, 0.25) is 6.04 Å². The first kappa shape index (κ1) is 16.1. The van der Waals surface area contributed by atoms with Crippen LogP contribution in [0.4, 0.5) is 0 Å². The molecule has 4 nitrogen and oxygen atoms in total. The summed E-state index contributed by atoms with van der Waals surface area (Å²) < 4.78 is 0. The lowest BCUT2D eigenvalue weighted by Crippen LogP contribution is -2.41. The van der Waals surface area contributed by atoms with Gasteiger partial charge in [-0.25, -0.2) is 0 Å². The molecule has 0 spiro atoms. The zero-order valence-electron chi connectivity index (χ0n) is 13.4. The van der Waals surface area contributed by atoms with Crippen LogP contribution in [0.15, 0.2) is 72.3 Å². The molecule has 4 heteroatoms. The lowest BCUT2D eigenvalue weighted by atomic mass is 9.67. The average Bonchev–Trinajstić information content (AvgIpc) is 2.62. The van der Waals surface area contributed by atoms with Crippen LogP contribution in [0.25, 0.3) is 0 Å². The summed E-state index contributed by atoms with van der Waals surface area (Å²) in [4.78, 5) is 23.4. The van der Waals surface area contributed by atoms with Crippen LogP contribution in [-0.2, 0) is 4.79 Å². The molecule has 2 aromatic rings. The van der Waals surface area contributed by atoms with E-state index in [0.29, 0.717) is 5.57 Å². The van der Waals surface area contributed by atoms with E-state index in [2.05, 4.69) is 0 Å². The Hall–Kier alpha value is -2.75. The molecule has 0 fully saturated rings. The molecule has 0 aromatic heterocycles. The third-order valence-corrected chi connectivity index (χ3v) is 4.81. The van der Waals surface area contributed by atoms with Crippen molar-refractivity contribution in [2.24, 2.45) is 5.92 Å². The van der Waals surface area contributed by atoms with Gasteiger partial charge >= 0.3 is 0 Å². The summed E-state index contributed by atoms with van der Waals surface area (Å²) in [6.45, 7) is 1.94. The standard InChI is InChI=1S/C20H19NO3/c1-14-12-17(13-22)19(16-10-6-3-7-11-16)20(21(23)24)18(14)15-8-4-2-5-9-15/h2-14,18-20H,1H3. The highest BCUT2D eigenvalue weighted by molar-refractivity contribution is 5.77. The van der Waals surface area contributed by atoms with Gasteiger partial charge in [-0.2, -0.15) is 0 Å². The largest absolute Gasteiger partial charge is 0.298 e. The van der Waals surface area contributed by atoms with Gasteiger partial charge in [0.05, 0.1) is 11.8 Å². The van der Waals surface area contributed by atoms with E-state index in [-0.39, 0.29) is 16.8 Å². The average molecular weight is 321 g/mol. The second-order valence-corrected chi connectivity index (χ2v) is 6.24. The van der Waals surface area contributed by atoms with Crippen LogP contribution in [0, 0.1) is 16.0 Å². The maximum atomic E-state index is 12.0. The van der Waals surface area contributed by atoms with Gasteiger partial charge in [0.25, 0.3) is 0 Å². The smallest absolute Gasteiger partial charge is 0.231 e. The van der Waals surface area contributed by atoms with Gasteiger partial charge in [-0.05, 0) is 17.0 Å². The fourth-order valence-corrected chi connectivity index (χ4v) is 3.82. The Morgan fingerprint density at radius 1 is 0.958 bits per heavy atom. The summed E-state index contributed by atoms with van der Waals surface area (Å²) in [6.07, 6.45) is 2.66. The van der Waals surface area contributed by atoms with Gasteiger partial charge in [-0.1, -0.05) is 73.7 Å². The molecule has 1 aliphatic rings. The van der Waals surface area contributed by atoms with E-state index in [4.69, 9.17) is 0 Å². The molecular formula is C20H19NO3. The lowest BCUT2D eigenvalue weighted by molar-refractivity contribution is -0.531. The maximum absolute atomic E-state index is 12.0. The number of hydrogen-bond acceptors (Lipinski definition) is 3. The molecule has 0 amide bonds. The summed E-state index contributed by atoms with van der Waals surface area (Å²) in [7, 11) is 0. The van der Waals surface area contributed by atoms with E-state index >= 15 is 0 Å². The molecule has 122 valence electrons. The van der Waals surface area contributed by atoms with E-state index in [1.54, 1.807) is 0 Å². The summed E-state index contributed by atoms with van der Waals surface area (Å²) >= 11 is 0. The van der Waals surface area contributed by atoms with Crippen molar-refractivity contribution < 1.29 is 9.72 Å².